The largest absolute Gasteiger partial charge is 0.497 e. The highest BCUT2D eigenvalue weighted by molar-refractivity contribution is 6.62. The first-order chi connectivity index (χ1) is 9.21. The summed E-state index contributed by atoms with van der Waals surface area (Å²) in [6.07, 6.45) is 0. The monoisotopic (exact) mass is 280 g/mol. The molecule has 0 saturated carbocycles. The third kappa shape index (κ3) is 1.84. The second kappa shape index (κ2) is 4.02. The zero-order chi connectivity index (χ0) is 14.7. The Morgan fingerprint density at radius 3 is 2.30 bits per heavy atom. The Morgan fingerprint density at radius 2 is 1.70 bits per heavy atom. The van der Waals surface area contributed by atoms with Gasteiger partial charge in [0.05, 0.1) is 22.1 Å². The maximum Gasteiger partial charge on any atom is 0.497 e. The zero-order valence-electron chi connectivity index (χ0n) is 11.8. The number of halogens is 2. The minimum absolute atomic E-state index is 0.114. The fraction of sp³-hybridized carbons (Fsp3) is 0.462. The Labute approximate surface area is 115 Å². The Bertz CT molecular complexity index is 668. The van der Waals surface area contributed by atoms with Crippen molar-refractivity contribution in [2.24, 2.45) is 0 Å². The molecule has 0 radical (unpaired) electrons. The van der Waals surface area contributed by atoms with Crippen molar-refractivity contribution in [1.29, 1.82) is 0 Å². The summed E-state index contributed by atoms with van der Waals surface area (Å²) < 4.78 is 39.1. The molecular weight excluding hydrogens is 265 g/mol. The van der Waals surface area contributed by atoms with Gasteiger partial charge in [-0.05, 0) is 39.8 Å². The standard InChI is InChI=1S/C13H15BF2N2O2/c1-12(2)13(3,4)20-14(19-12)8-6-10-7(5-9(8)15)11(16)18-17-10/h5-6H,1-4H3,(H,17,18). The number of nitrogens with zero attached hydrogens (tertiary/aromatic N) is 1. The fourth-order valence-corrected chi connectivity index (χ4v) is 2.17. The Kier molecular flexibility index (Phi) is 2.72. The van der Waals surface area contributed by atoms with Crippen LogP contribution in [0, 0.1) is 11.8 Å². The zero-order valence-corrected chi connectivity index (χ0v) is 11.8. The van der Waals surface area contributed by atoms with Crippen molar-refractivity contribution in [1.82, 2.24) is 10.2 Å². The van der Waals surface area contributed by atoms with Crippen LogP contribution in [-0.4, -0.2) is 28.5 Å². The van der Waals surface area contributed by atoms with Crippen molar-refractivity contribution >= 4 is 23.5 Å². The fourth-order valence-electron chi connectivity index (χ4n) is 2.17. The van der Waals surface area contributed by atoms with Crippen molar-refractivity contribution in [3.05, 3.63) is 23.9 Å². The summed E-state index contributed by atoms with van der Waals surface area (Å²) in [7, 11) is -0.823. The molecule has 1 fully saturated rings. The minimum atomic E-state index is -0.823. The van der Waals surface area contributed by atoms with Gasteiger partial charge in [-0.1, -0.05) is 0 Å². The van der Waals surface area contributed by atoms with E-state index in [-0.39, 0.29) is 10.8 Å². The normalized spacial score (nSPS) is 20.8. The lowest BCUT2D eigenvalue weighted by Gasteiger charge is -2.32. The SMILES string of the molecule is CC1(C)OB(c2cc3[nH]nc(F)c3cc2F)OC1(C)C. The topological polar surface area (TPSA) is 47.1 Å². The summed E-state index contributed by atoms with van der Waals surface area (Å²) in [5.41, 5.74) is -0.468. The molecule has 3 rings (SSSR count). The van der Waals surface area contributed by atoms with Gasteiger partial charge in [0.25, 0.3) is 0 Å². The summed E-state index contributed by atoms with van der Waals surface area (Å²) in [6, 6.07) is 2.58. The summed E-state index contributed by atoms with van der Waals surface area (Å²) in [5.74, 6) is -1.30. The molecule has 7 heteroatoms. The van der Waals surface area contributed by atoms with Crippen LogP contribution in [0.1, 0.15) is 27.7 Å². The van der Waals surface area contributed by atoms with E-state index in [2.05, 4.69) is 10.2 Å². The van der Waals surface area contributed by atoms with E-state index in [0.29, 0.717) is 5.52 Å². The van der Waals surface area contributed by atoms with Gasteiger partial charge < -0.3 is 9.31 Å². The highest BCUT2D eigenvalue weighted by Crippen LogP contribution is 2.36. The van der Waals surface area contributed by atoms with Gasteiger partial charge in [0.15, 0.2) is 0 Å². The van der Waals surface area contributed by atoms with E-state index >= 15 is 0 Å². The molecule has 20 heavy (non-hydrogen) atoms. The van der Waals surface area contributed by atoms with Crippen LogP contribution in [0.5, 0.6) is 0 Å². The van der Waals surface area contributed by atoms with Crippen molar-refractivity contribution in [3.8, 4) is 0 Å². The molecule has 0 bridgehead atoms. The van der Waals surface area contributed by atoms with Gasteiger partial charge in [-0.2, -0.15) is 4.39 Å². The molecule has 0 unspecified atom stereocenters. The van der Waals surface area contributed by atoms with Crippen LogP contribution in [0.4, 0.5) is 8.78 Å². The first kappa shape index (κ1) is 13.5. The lowest BCUT2D eigenvalue weighted by atomic mass is 9.78. The van der Waals surface area contributed by atoms with E-state index in [1.165, 1.54) is 6.07 Å². The number of aromatic nitrogens is 2. The summed E-state index contributed by atoms with van der Waals surface area (Å²) >= 11 is 0. The van der Waals surface area contributed by atoms with Gasteiger partial charge in [0.2, 0.25) is 5.95 Å². The number of fused-ring (bicyclic) bond motifs is 1. The number of nitrogens with one attached hydrogen (secondary N) is 1. The van der Waals surface area contributed by atoms with Gasteiger partial charge in [-0.3, -0.25) is 5.10 Å². The van der Waals surface area contributed by atoms with E-state index in [0.717, 1.165) is 6.07 Å². The molecule has 1 aliphatic heterocycles. The third-order valence-corrected chi connectivity index (χ3v) is 4.14. The van der Waals surface area contributed by atoms with Gasteiger partial charge in [0, 0.05) is 5.46 Å². The molecule has 2 heterocycles. The molecule has 106 valence electrons. The maximum atomic E-state index is 14.2. The molecule has 0 amide bonds. The van der Waals surface area contributed by atoms with Crippen molar-refractivity contribution in [2.45, 2.75) is 38.9 Å². The lowest BCUT2D eigenvalue weighted by molar-refractivity contribution is 0.00578. The summed E-state index contributed by atoms with van der Waals surface area (Å²) in [5, 5.41) is 6.05. The number of benzene rings is 1. The Hall–Kier alpha value is -1.47. The number of rotatable bonds is 1. The summed E-state index contributed by atoms with van der Waals surface area (Å²) in [6.45, 7) is 7.55. The number of hydrogen-bond donors (Lipinski definition) is 1. The van der Waals surface area contributed by atoms with Crippen LogP contribution in [-0.2, 0) is 9.31 Å². The second-order valence-corrected chi connectivity index (χ2v) is 6.02. The molecule has 1 aliphatic rings. The maximum absolute atomic E-state index is 14.2. The molecule has 0 spiro atoms. The smallest absolute Gasteiger partial charge is 0.399 e. The van der Waals surface area contributed by atoms with E-state index in [9.17, 15) is 8.78 Å². The molecule has 1 saturated heterocycles. The average Bonchev–Trinajstić information content (AvgIpc) is 2.77. The van der Waals surface area contributed by atoms with Crippen LogP contribution in [0.15, 0.2) is 12.1 Å². The molecule has 4 nitrogen and oxygen atoms in total. The van der Waals surface area contributed by atoms with Crippen LogP contribution < -0.4 is 5.46 Å². The van der Waals surface area contributed by atoms with Gasteiger partial charge in [-0.25, -0.2) is 4.39 Å². The number of H-pyrrole nitrogens is 1. The molecule has 0 atom stereocenters. The highest BCUT2D eigenvalue weighted by atomic mass is 19.1. The quantitative estimate of drug-likeness (QED) is 0.814. The van der Waals surface area contributed by atoms with E-state index in [1.54, 1.807) is 0 Å². The van der Waals surface area contributed by atoms with E-state index in [4.69, 9.17) is 9.31 Å². The van der Waals surface area contributed by atoms with Crippen LogP contribution in [0.3, 0.4) is 0 Å². The number of hydrogen-bond acceptors (Lipinski definition) is 3. The molecule has 1 N–H and O–H groups in total. The molecule has 2 aromatic rings. The predicted molar refractivity (Wildman–Crippen MR) is 71.7 cm³/mol. The molecule has 1 aromatic heterocycles. The first-order valence-corrected chi connectivity index (χ1v) is 6.40. The van der Waals surface area contributed by atoms with Crippen molar-refractivity contribution in [3.63, 3.8) is 0 Å². The molecule has 0 aliphatic carbocycles. The molecular formula is C13H15BF2N2O2. The van der Waals surface area contributed by atoms with Gasteiger partial charge in [-0.15, -0.1) is 5.10 Å². The van der Waals surface area contributed by atoms with E-state index in [1.807, 2.05) is 27.7 Å². The first-order valence-electron chi connectivity index (χ1n) is 6.40. The molecule has 1 aromatic carbocycles. The van der Waals surface area contributed by atoms with Gasteiger partial charge in [0.1, 0.15) is 5.82 Å². The van der Waals surface area contributed by atoms with Crippen molar-refractivity contribution < 1.29 is 18.1 Å². The Morgan fingerprint density at radius 1 is 1.10 bits per heavy atom. The number of aromatic amines is 1. The summed E-state index contributed by atoms with van der Waals surface area (Å²) in [4.78, 5) is 0. The van der Waals surface area contributed by atoms with Crippen LogP contribution >= 0.6 is 0 Å². The van der Waals surface area contributed by atoms with Crippen LogP contribution in [0.2, 0.25) is 0 Å². The van der Waals surface area contributed by atoms with E-state index < -0.39 is 30.1 Å². The second-order valence-electron chi connectivity index (χ2n) is 6.02. The Balaban J connectivity index is 2.05. The lowest BCUT2D eigenvalue weighted by Crippen LogP contribution is -2.41. The predicted octanol–water partition coefficient (Wildman–Crippen LogP) is 2.14. The highest BCUT2D eigenvalue weighted by Gasteiger charge is 2.52. The minimum Gasteiger partial charge on any atom is -0.399 e. The third-order valence-electron chi connectivity index (χ3n) is 4.14. The van der Waals surface area contributed by atoms with Gasteiger partial charge >= 0.3 is 7.12 Å². The van der Waals surface area contributed by atoms with Crippen molar-refractivity contribution in [2.75, 3.05) is 0 Å². The average molecular weight is 280 g/mol. The van der Waals surface area contributed by atoms with Crippen LogP contribution in [0.25, 0.3) is 10.9 Å².